The Kier molecular flexibility index (Phi) is 2.87. The summed E-state index contributed by atoms with van der Waals surface area (Å²) in [7, 11) is 0. The summed E-state index contributed by atoms with van der Waals surface area (Å²) in [5.74, 6) is -1.44. The van der Waals surface area contributed by atoms with Crippen LogP contribution in [0.15, 0.2) is 0 Å². The summed E-state index contributed by atoms with van der Waals surface area (Å²) in [5, 5.41) is 0. The summed E-state index contributed by atoms with van der Waals surface area (Å²) in [5.41, 5.74) is -3.16. The molecule has 4 nitrogen and oxygen atoms in total. The van der Waals surface area contributed by atoms with Gasteiger partial charge >= 0.3 is 0 Å². The lowest BCUT2D eigenvalue weighted by molar-refractivity contribution is -0.155. The molecule has 4 fully saturated rings. The predicted molar refractivity (Wildman–Crippen MR) is 87.0 cm³/mol. The van der Waals surface area contributed by atoms with Crippen molar-refractivity contribution in [2.24, 2.45) is 45.8 Å². The second-order valence-corrected chi connectivity index (χ2v) is 9.53. The molecule has 0 aromatic carbocycles. The first-order valence-corrected chi connectivity index (χ1v) is 9.21. The van der Waals surface area contributed by atoms with E-state index in [4.69, 9.17) is 0 Å². The molecule has 0 heterocycles. The monoisotopic (exact) mass is 330 g/mol. The van der Waals surface area contributed by atoms with Gasteiger partial charge in [-0.1, -0.05) is 27.7 Å². The van der Waals surface area contributed by atoms with Gasteiger partial charge in [-0.15, -0.1) is 0 Å². The predicted octanol–water partition coefficient (Wildman–Crippen LogP) is 2.63. The van der Waals surface area contributed by atoms with E-state index in [1.54, 1.807) is 20.8 Å². The largest absolute Gasteiger partial charge is 0.298 e. The molecule has 4 saturated carbocycles. The van der Waals surface area contributed by atoms with Crippen LogP contribution < -0.4 is 0 Å². The summed E-state index contributed by atoms with van der Waals surface area (Å²) >= 11 is 0. The molecule has 0 aliphatic heterocycles. The molecule has 0 N–H and O–H groups in total. The zero-order chi connectivity index (χ0) is 17.8. The second-order valence-electron chi connectivity index (χ2n) is 9.53. The minimum absolute atomic E-state index is 0.0415. The van der Waals surface area contributed by atoms with Crippen molar-refractivity contribution < 1.29 is 19.2 Å². The van der Waals surface area contributed by atoms with Gasteiger partial charge < -0.3 is 0 Å². The van der Waals surface area contributed by atoms with Crippen LogP contribution in [-0.2, 0) is 19.2 Å². The summed E-state index contributed by atoms with van der Waals surface area (Å²) < 4.78 is 0. The van der Waals surface area contributed by atoms with Gasteiger partial charge in [-0.25, -0.2) is 0 Å². The number of fused-ring (bicyclic) bond motifs is 2. The highest BCUT2D eigenvalue weighted by atomic mass is 16.2. The minimum atomic E-state index is -1.30. The normalized spacial score (nSPS) is 52.5. The lowest BCUT2D eigenvalue weighted by Crippen LogP contribution is -2.53. The van der Waals surface area contributed by atoms with Crippen LogP contribution in [0.4, 0.5) is 0 Å². The van der Waals surface area contributed by atoms with Gasteiger partial charge in [0, 0.05) is 11.3 Å². The van der Waals surface area contributed by atoms with Crippen molar-refractivity contribution in [2.45, 2.75) is 53.9 Å². The Balaban J connectivity index is 1.99. The van der Waals surface area contributed by atoms with Crippen LogP contribution in [-0.4, -0.2) is 23.1 Å². The molecule has 24 heavy (non-hydrogen) atoms. The first kappa shape index (κ1) is 16.2. The number of carbonyl (C=O) groups excluding carboxylic acids is 4. The summed E-state index contributed by atoms with van der Waals surface area (Å²) in [6, 6.07) is 0. The molecule has 4 heteroatoms. The van der Waals surface area contributed by atoms with Crippen LogP contribution in [0.1, 0.15) is 53.9 Å². The van der Waals surface area contributed by atoms with E-state index in [1.807, 2.05) is 6.92 Å². The SMILES string of the molecule is C[C@H]1CCC2[C@@H](C)C[C@H]3[C@@H]4C(C)(C)C(=O)C(=O)[C@]4(C)C(=O)[C@@]23C1=O. The van der Waals surface area contributed by atoms with Gasteiger partial charge in [-0.05, 0) is 49.9 Å². The number of hydrogen-bond donors (Lipinski definition) is 0. The fourth-order valence-corrected chi connectivity index (χ4v) is 7.28. The molecule has 4 aliphatic carbocycles. The molecule has 0 amide bonds. The van der Waals surface area contributed by atoms with Gasteiger partial charge in [0.1, 0.15) is 5.78 Å². The van der Waals surface area contributed by atoms with Gasteiger partial charge in [-0.2, -0.15) is 0 Å². The number of rotatable bonds is 0. The third-order valence-electron chi connectivity index (χ3n) is 8.16. The summed E-state index contributed by atoms with van der Waals surface area (Å²) in [6.45, 7) is 9.28. The van der Waals surface area contributed by atoms with E-state index in [9.17, 15) is 19.2 Å². The van der Waals surface area contributed by atoms with Crippen LogP contribution in [0.5, 0.6) is 0 Å². The first-order valence-electron chi connectivity index (χ1n) is 9.21. The molecule has 0 aromatic rings. The van der Waals surface area contributed by atoms with Crippen molar-refractivity contribution in [3.63, 3.8) is 0 Å². The Labute approximate surface area is 142 Å². The highest BCUT2D eigenvalue weighted by molar-refractivity contribution is 6.49. The van der Waals surface area contributed by atoms with Crippen molar-refractivity contribution in [3.8, 4) is 0 Å². The van der Waals surface area contributed by atoms with E-state index < -0.39 is 27.8 Å². The zero-order valence-corrected chi connectivity index (χ0v) is 15.1. The van der Waals surface area contributed by atoms with Crippen LogP contribution in [0, 0.1) is 45.8 Å². The zero-order valence-electron chi connectivity index (χ0n) is 15.1. The average Bonchev–Trinajstić information content (AvgIpc) is 2.95. The Morgan fingerprint density at radius 3 is 2.12 bits per heavy atom. The number of Topliss-reactive ketones (excluding diaryl/α,β-unsaturated/α-hetero) is 4. The van der Waals surface area contributed by atoms with Crippen LogP contribution in [0.25, 0.3) is 0 Å². The quantitative estimate of drug-likeness (QED) is 0.506. The Bertz CT molecular complexity index is 704. The third-order valence-corrected chi connectivity index (χ3v) is 8.16. The molecule has 130 valence electrons. The maximum Gasteiger partial charge on any atom is 0.212 e. The number of hydrogen-bond acceptors (Lipinski definition) is 4. The Morgan fingerprint density at radius 1 is 0.875 bits per heavy atom. The van der Waals surface area contributed by atoms with Crippen LogP contribution in [0.2, 0.25) is 0 Å². The van der Waals surface area contributed by atoms with Crippen LogP contribution >= 0.6 is 0 Å². The van der Waals surface area contributed by atoms with Crippen LogP contribution in [0.3, 0.4) is 0 Å². The van der Waals surface area contributed by atoms with Crippen molar-refractivity contribution in [1.29, 1.82) is 0 Å². The third kappa shape index (κ3) is 1.33. The van der Waals surface area contributed by atoms with Gasteiger partial charge in [0.2, 0.25) is 11.6 Å². The van der Waals surface area contributed by atoms with Gasteiger partial charge in [0.15, 0.2) is 5.78 Å². The van der Waals surface area contributed by atoms with E-state index in [0.29, 0.717) is 5.92 Å². The summed E-state index contributed by atoms with van der Waals surface area (Å²) in [6.07, 6.45) is 2.48. The van der Waals surface area contributed by atoms with Crippen molar-refractivity contribution in [3.05, 3.63) is 0 Å². The van der Waals surface area contributed by atoms with Gasteiger partial charge in [-0.3, -0.25) is 19.2 Å². The molecule has 1 spiro atoms. The highest BCUT2D eigenvalue weighted by Crippen LogP contribution is 2.73. The standard InChI is InChI=1S/C20H26O4/c1-9-6-7-11-10(2)8-12-13-18(3,4)15(22)16(23)19(13,5)17(24)20(11,12)14(9)21/h9-13H,6-8H2,1-5H3/t9-,10-,11?,12-,13+,19+,20-/m0/s1. The summed E-state index contributed by atoms with van der Waals surface area (Å²) in [4.78, 5) is 52.4. The van der Waals surface area contributed by atoms with E-state index in [2.05, 4.69) is 6.92 Å². The topological polar surface area (TPSA) is 68.3 Å². The molecule has 0 radical (unpaired) electrons. The Morgan fingerprint density at radius 2 is 1.50 bits per heavy atom. The molecule has 7 atom stereocenters. The highest BCUT2D eigenvalue weighted by Gasteiger charge is 2.82. The fraction of sp³-hybridized carbons (Fsp3) is 0.800. The molecular formula is C20H26O4. The average molecular weight is 330 g/mol. The maximum absolute atomic E-state index is 13.7. The smallest absolute Gasteiger partial charge is 0.212 e. The maximum atomic E-state index is 13.7. The first-order chi connectivity index (χ1) is 11.0. The van der Waals surface area contributed by atoms with Crippen molar-refractivity contribution in [1.82, 2.24) is 0 Å². The van der Waals surface area contributed by atoms with E-state index in [0.717, 1.165) is 19.3 Å². The lowest BCUT2D eigenvalue weighted by atomic mass is 9.58. The molecular weight excluding hydrogens is 304 g/mol. The minimum Gasteiger partial charge on any atom is -0.298 e. The lowest BCUT2D eigenvalue weighted by Gasteiger charge is -2.42. The van der Waals surface area contributed by atoms with E-state index >= 15 is 0 Å². The second kappa shape index (κ2) is 4.25. The van der Waals surface area contributed by atoms with Gasteiger partial charge in [0.25, 0.3) is 0 Å². The van der Waals surface area contributed by atoms with E-state index in [1.165, 1.54) is 0 Å². The molecule has 0 bridgehead atoms. The Hall–Kier alpha value is -1.32. The molecule has 0 aromatic heterocycles. The molecule has 4 rings (SSSR count). The van der Waals surface area contributed by atoms with Gasteiger partial charge in [0.05, 0.1) is 10.8 Å². The number of carbonyl (C=O) groups is 4. The molecule has 1 unspecified atom stereocenters. The molecule has 4 aliphatic rings. The van der Waals surface area contributed by atoms with Crippen molar-refractivity contribution in [2.75, 3.05) is 0 Å². The molecule has 0 saturated heterocycles. The van der Waals surface area contributed by atoms with E-state index in [-0.39, 0.29) is 35.2 Å². The fourth-order valence-electron chi connectivity index (χ4n) is 7.28. The van der Waals surface area contributed by atoms with Crippen molar-refractivity contribution >= 4 is 23.1 Å². The number of ketones is 4.